The van der Waals surface area contributed by atoms with E-state index in [0.717, 1.165) is 0 Å². The first-order valence-electron chi connectivity index (χ1n) is 7.51. The summed E-state index contributed by atoms with van der Waals surface area (Å²) in [5.74, 6) is -1.39. The molecule has 0 bridgehead atoms. The van der Waals surface area contributed by atoms with Crippen molar-refractivity contribution in [2.24, 2.45) is 0 Å². The van der Waals surface area contributed by atoms with Gasteiger partial charge in [0.05, 0.1) is 0 Å². The molecular formula is C21H14O3. The van der Waals surface area contributed by atoms with Crippen molar-refractivity contribution < 1.29 is 14.4 Å². The minimum absolute atomic E-state index is 0.183. The second-order valence-corrected chi connectivity index (χ2v) is 5.30. The van der Waals surface area contributed by atoms with E-state index in [1.807, 2.05) is 6.07 Å². The van der Waals surface area contributed by atoms with E-state index in [4.69, 9.17) is 0 Å². The average molecular weight is 314 g/mol. The van der Waals surface area contributed by atoms with Crippen molar-refractivity contribution in [3.63, 3.8) is 0 Å². The predicted molar refractivity (Wildman–Crippen MR) is 91.4 cm³/mol. The lowest BCUT2D eigenvalue weighted by Crippen LogP contribution is -2.15. The quantitative estimate of drug-likeness (QED) is 0.528. The summed E-state index contributed by atoms with van der Waals surface area (Å²) in [5, 5.41) is 0. The van der Waals surface area contributed by atoms with Gasteiger partial charge in [-0.1, -0.05) is 78.9 Å². The van der Waals surface area contributed by atoms with E-state index in [9.17, 15) is 14.4 Å². The van der Waals surface area contributed by atoms with Gasteiger partial charge in [-0.15, -0.1) is 0 Å². The summed E-state index contributed by atoms with van der Waals surface area (Å²) in [7, 11) is 0. The number of rotatable bonds is 5. The number of ketones is 3. The van der Waals surface area contributed by atoms with Crippen LogP contribution < -0.4 is 0 Å². The molecule has 3 aromatic carbocycles. The van der Waals surface area contributed by atoms with Crippen molar-refractivity contribution in [3.8, 4) is 0 Å². The molecule has 0 heterocycles. The van der Waals surface area contributed by atoms with Crippen LogP contribution in [0.4, 0.5) is 0 Å². The highest BCUT2D eigenvalue weighted by atomic mass is 16.2. The Balaban J connectivity index is 1.89. The molecule has 0 N–H and O–H groups in total. The molecule has 0 aliphatic heterocycles. The molecule has 0 amide bonds. The Labute approximate surface area is 139 Å². The van der Waals surface area contributed by atoms with Crippen molar-refractivity contribution in [2.75, 3.05) is 0 Å². The Morgan fingerprint density at radius 2 is 0.917 bits per heavy atom. The van der Waals surface area contributed by atoms with Crippen LogP contribution in [-0.4, -0.2) is 17.3 Å². The zero-order valence-corrected chi connectivity index (χ0v) is 12.8. The van der Waals surface area contributed by atoms with E-state index < -0.39 is 11.6 Å². The van der Waals surface area contributed by atoms with Gasteiger partial charge in [0.2, 0.25) is 11.6 Å². The number of carbonyl (C=O) groups is 3. The van der Waals surface area contributed by atoms with Crippen LogP contribution in [0.5, 0.6) is 0 Å². The number of hydrogen-bond donors (Lipinski definition) is 0. The van der Waals surface area contributed by atoms with Crippen LogP contribution in [0.25, 0.3) is 0 Å². The van der Waals surface area contributed by atoms with Gasteiger partial charge >= 0.3 is 0 Å². The summed E-state index contributed by atoms with van der Waals surface area (Å²) in [4.78, 5) is 37.1. The van der Waals surface area contributed by atoms with E-state index in [0.29, 0.717) is 16.7 Å². The second-order valence-electron chi connectivity index (χ2n) is 5.30. The van der Waals surface area contributed by atoms with E-state index >= 15 is 0 Å². The summed E-state index contributed by atoms with van der Waals surface area (Å²) in [5.41, 5.74) is 1.47. The van der Waals surface area contributed by atoms with Crippen molar-refractivity contribution >= 4 is 17.3 Å². The average Bonchev–Trinajstić information content (AvgIpc) is 2.67. The molecule has 3 rings (SSSR count). The van der Waals surface area contributed by atoms with Gasteiger partial charge in [0.15, 0.2) is 5.78 Å². The third-order valence-electron chi connectivity index (χ3n) is 3.67. The Kier molecular flexibility index (Phi) is 4.43. The van der Waals surface area contributed by atoms with Gasteiger partial charge in [0.1, 0.15) is 0 Å². The lowest BCUT2D eigenvalue weighted by Gasteiger charge is -2.04. The fourth-order valence-electron chi connectivity index (χ4n) is 2.41. The van der Waals surface area contributed by atoms with E-state index in [-0.39, 0.29) is 11.3 Å². The molecule has 3 aromatic rings. The van der Waals surface area contributed by atoms with E-state index in [1.165, 1.54) is 6.07 Å². The Morgan fingerprint density at radius 3 is 1.54 bits per heavy atom. The van der Waals surface area contributed by atoms with Gasteiger partial charge in [-0.2, -0.15) is 0 Å². The van der Waals surface area contributed by atoms with Crippen LogP contribution in [-0.2, 0) is 0 Å². The van der Waals surface area contributed by atoms with Crippen LogP contribution in [0.3, 0.4) is 0 Å². The van der Waals surface area contributed by atoms with Crippen molar-refractivity contribution in [3.05, 3.63) is 107 Å². The third kappa shape index (κ3) is 3.20. The number of hydrogen-bond acceptors (Lipinski definition) is 3. The molecule has 3 heteroatoms. The fourth-order valence-corrected chi connectivity index (χ4v) is 2.41. The maximum atomic E-state index is 12.5. The number of Topliss-reactive ketones (excluding diaryl/α,β-unsaturated/α-hetero) is 2. The summed E-state index contributed by atoms with van der Waals surface area (Å²) < 4.78 is 0. The SMILES string of the molecule is O=C(C(=O)c1cccc(C(=O)c2ccccc2)c1)c1ccccc1. The first kappa shape index (κ1) is 15.6. The Bertz CT molecular complexity index is 897. The predicted octanol–water partition coefficient (Wildman–Crippen LogP) is 3.98. The highest BCUT2D eigenvalue weighted by molar-refractivity contribution is 6.49. The summed E-state index contributed by atoms with van der Waals surface area (Å²) in [6.07, 6.45) is 0. The largest absolute Gasteiger partial charge is 0.289 e. The third-order valence-corrected chi connectivity index (χ3v) is 3.67. The molecular weight excluding hydrogens is 300 g/mol. The lowest BCUT2D eigenvalue weighted by molar-refractivity contribution is 0.0817. The molecule has 0 saturated carbocycles. The highest BCUT2D eigenvalue weighted by Crippen LogP contribution is 2.14. The van der Waals surface area contributed by atoms with Crippen LogP contribution in [0, 0.1) is 0 Å². The van der Waals surface area contributed by atoms with Crippen molar-refractivity contribution in [2.45, 2.75) is 0 Å². The second kappa shape index (κ2) is 6.84. The van der Waals surface area contributed by atoms with Crippen molar-refractivity contribution in [1.82, 2.24) is 0 Å². The molecule has 24 heavy (non-hydrogen) atoms. The molecule has 0 radical (unpaired) electrons. The van der Waals surface area contributed by atoms with Crippen LogP contribution >= 0.6 is 0 Å². The van der Waals surface area contributed by atoms with Crippen LogP contribution in [0.1, 0.15) is 36.6 Å². The molecule has 0 atom stereocenters. The number of benzene rings is 3. The van der Waals surface area contributed by atoms with Gasteiger partial charge in [-0.3, -0.25) is 14.4 Å². The maximum Gasteiger partial charge on any atom is 0.233 e. The maximum absolute atomic E-state index is 12.5. The Morgan fingerprint density at radius 1 is 0.458 bits per heavy atom. The molecule has 116 valence electrons. The van der Waals surface area contributed by atoms with Crippen LogP contribution in [0.2, 0.25) is 0 Å². The number of carbonyl (C=O) groups excluding carboxylic acids is 3. The zero-order chi connectivity index (χ0) is 16.9. The monoisotopic (exact) mass is 314 g/mol. The molecule has 0 saturated heterocycles. The first-order chi connectivity index (χ1) is 11.7. The zero-order valence-electron chi connectivity index (χ0n) is 12.8. The fraction of sp³-hybridized carbons (Fsp3) is 0. The summed E-state index contributed by atoms with van der Waals surface area (Å²) >= 11 is 0. The molecule has 0 aliphatic rings. The standard InChI is InChI=1S/C21H14O3/c22-19(15-8-3-1-4-9-15)17-12-7-13-18(14-17)21(24)20(23)16-10-5-2-6-11-16/h1-14H. The van der Waals surface area contributed by atoms with Gasteiger partial charge in [0.25, 0.3) is 0 Å². The topological polar surface area (TPSA) is 51.2 Å². The molecule has 0 aliphatic carbocycles. The molecule has 0 fully saturated rings. The highest BCUT2D eigenvalue weighted by Gasteiger charge is 2.19. The molecule has 0 aromatic heterocycles. The van der Waals surface area contributed by atoms with Gasteiger partial charge < -0.3 is 0 Å². The molecule has 0 spiro atoms. The Hall–Kier alpha value is -3.33. The van der Waals surface area contributed by atoms with E-state index in [2.05, 4.69) is 0 Å². The molecule has 3 nitrogen and oxygen atoms in total. The van der Waals surface area contributed by atoms with Gasteiger partial charge in [-0.05, 0) is 6.07 Å². The lowest BCUT2D eigenvalue weighted by atomic mass is 9.97. The summed E-state index contributed by atoms with van der Waals surface area (Å²) in [6.45, 7) is 0. The minimum Gasteiger partial charge on any atom is -0.289 e. The minimum atomic E-state index is -0.621. The summed E-state index contributed by atoms with van der Waals surface area (Å²) in [6, 6.07) is 23.5. The van der Waals surface area contributed by atoms with Crippen LogP contribution in [0.15, 0.2) is 84.9 Å². The first-order valence-corrected chi connectivity index (χ1v) is 7.51. The van der Waals surface area contributed by atoms with Gasteiger partial charge in [0, 0.05) is 22.3 Å². The smallest absolute Gasteiger partial charge is 0.233 e. The van der Waals surface area contributed by atoms with Gasteiger partial charge in [-0.25, -0.2) is 0 Å². The molecule has 0 unspecified atom stereocenters. The van der Waals surface area contributed by atoms with E-state index in [1.54, 1.807) is 72.8 Å². The van der Waals surface area contributed by atoms with Crippen molar-refractivity contribution in [1.29, 1.82) is 0 Å². The normalized spacial score (nSPS) is 10.2.